The maximum atomic E-state index is 11.9. The molecule has 4 nitrogen and oxygen atoms in total. The van der Waals surface area contributed by atoms with Gasteiger partial charge >= 0.3 is 5.97 Å². The van der Waals surface area contributed by atoms with Gasteiger partial charge < -0.3 is 15.4 Å². The molecule has 2 aromatic carbocycles. The Bertz CT molecular complexity index is 774. The first-order chi connectivity index (χ1) is 12.4. The van der Waals surface area contributed by atoms with E-state index in [0.717, 1.165) is 5.69 Å². The van der Waals surface area contributed by atoms with Crippen LogP contribution in [-0.2, 0) is 4.74 Å². The van der Waals surface area contributed by atoms with Crippen molar-refractivity contribution in [3.63, 3.8) is 0 Å². The van der Waals surface area contributed by atoms with E-state index >= 15 is 0 Å². The molecule has 2 rings (SSSR count). The van der Waals surface area contributed by atoms with E-state index in [1.807, 2.05) is 18.2 Å². The fourth-order valence-corrected chi connectivity index (χ4v) is 3.03. The summed E-state index contributed by atoms with van der Waals surface area (Å²) in [5.74, 6) is 0.0247. The van der Waals surface area contributed by atoms with Gasteiger partial charge in [-0.3, -0.25) is 0 Å². The molecule has 0 spiro atoms. The number of hydrogen-bond donors (Lipinski definition) is 2. The maximum absolute atomic E-state index is 11.9. The van der Waals surface area contributed by atoms with Gasteiger partial charge in [-0.2, -0.15) is 0 Å². The summed E-state index contributed by atoms with van der Waals surface area (Å²) < 4.78 is 5.04. The summed E-state index contributed by atoms with van der Waals surface area (Å²) >= 11 is 5.50. The maximum Gasteiger partial charge on any atom is 0.338 e. The minimum atomic E-state index is -0.338. The Morgan fingerprint density at radius 2 is 1.88 bits per heavy atom. The zero-order valence-electron chi connectivity index (χ0n) is 15.7. The van der Waals surface area contributed by atoms with E-state index in [-0.39, 0.29) is 12.0 Å². The smallest absolute Gasteiger partial charge is 0.338 e. The van der Waals surface area contributed by atoms with Crippen molar-refractivity contribution in [1.82, 2.24) is 5.32 Å². The van der Waals surface area contributed by atoms with Crippen molar-refractivity contribution < 1.29 is 9.53 Å². The van der Waals surface area contributed by atoms with Crippen LogP contribution in [0.15, 0.2) is 48.5 Å². The fourth-order valence-electron chi connectivity index (χ4n) is 2.79. The van der Waals surface area contributed by atoms with Gasteiger partial charge in [0.05, 0.1) is 18.2 Å². The third-order valence-electron chi connectivity index (χ3n) is 4.11. The predicted molar refractivity (Wildman–Crippen MR) is 111 cm³/mol. The topological polar surface area (TPSA) is 50.4 Å². The van der Waals surface area contributed by atoms with Crippen LogP contribution >= 0.6 is 12.2 Å². The van der Waals surface area contributed by atoms with Crippen LogP contribution in [0.2, 0.25) is 0 Å². The lowest BCUT2D eigenvalue weighted by Crippen LogP contribution is -2.35. The molecule has 0 aromatic heterocycles. The van der Waals surface area contributed by atoms with Gasteiger partial charge in [0.1, 0.15) is 0 Å². The average molecular weight is 371 g/mol. The number of nitrogens with one attached hydrogen (secondary N) is 2. The second-order valence-corrected chi connectivity index (χ2v) is 6.89. The molecule has 0 radical (unpaired) electrons. The molecule has 0 heterocycles. The first-order valence-electron chi connectivity index (χ1n) is 8.82. The lowest BCUT2D eigenvalue weighted by molar-refractivity contribution is 0.0526. The van der Waals surface area contributed by atoms with E-state index < -0.39 is 0 Å². The molecular formula is C21H26N2O2S. The first-order valence-corrected chi connectivity index (χ1v) is 9.23. The van der Waals surface area contributed by atoms with Gasteiger partial charge in [-0.15, -0.1) is 0 Å². The minimum Gasteiger partial charge on any atom is -0.462 e. The number of anilines is 1. The van der Waals surface area contributed by atoms with Crippen molar-refractivity contribution >= 4 is 29.0 Å². The zero-order chi connectivity index (χ0) is 19.1. The van der Waals surface area contributed by atoms with E-state index in [1.54, 1.807) is 25.1 Å². The number of carbonyl (C=O) groups is 1. The standard InChI is InChI=1S/C21H26N2O2S/c1-5-25-20(24)16-10-8-11-17(13-16)22-21(26)23-19(14(2)3)18-12-7-6-9-15(18)4/h6-14,19H,5H2,1-4H3,(H2,22,23,26)/t19-/m0/s1. The number of esters is 1. The zero-order valence-corrected chi connectivity index (χ0v) is 16.5. The Morgan fingerprint density at radius 3 is 2.54 bits per heavy atom. The molecular weight excluding hydrogens is 344 g/mol. The molecule has 0 bridgehead atoms. The molecule has 0 fully saturated rings. The molecule has 0 amide bonds. The highest BCUT2D eigenvalue weighted by Crippen LogP contribution is 2.24. The molecule has 0 aliphatic rings. The molecule has 26 heavy (non-hydrogen) atoms. The minimum absolute atomic E-state index is 0.101. The van der Waals surface area contributed by atoms with Crippen molar-refractivity contribution in [3.8, 4) is 0 Å². The Balaban J connectivity index is 2.10. The average Bonchev–Trinajstić information content (AvgIpc) is 2.60. The molecule has 138 valence electrons. The number of ether oxygens (including phenoxy) is 1. The molecule has 0 aliphatic heterocycles. The van der Waals surface area contributed by atoms with E-state index in [1.165, 1.54) is 11.1 Å². The van der Waals surface area contributed by atoms with E-state index in [9.17, 15) is 4.79 Å². The van der Waals surface area contributed by atoms with E-state index in [2.05, 4.69) is 43.5 Å². The molecule has 0 saturated carbocycles. The van der Waals surface area contributed by atoms with Crippen LogP contribution in [-0.4, -0.2) is 17.7 Å². The predicted octanol–water partition coefficient (Wildman–Crippen LogP) is 4.86. The quantitative estimate of drug-likeness (QED) is 0.562. The molecule has 0 aliphatic carbocycles. The van der Waals surface area contributed by atoms with Crippen LogP contribution in [0.5, 0.6) is 0 Å². The van der Waals surface area contributed by atoms with Crippen LogP contribution in [0.3, 0.4) is 0 Å². The van der Waals surface area contributed by atoms with Crippen molar-refractivity contribution in [2.45, 2.75) is 33.7 Å². The Kier molecular flexibility index (Phi) is 7.16. The number of thiocarbonyl (C=S) groups is 1. The van der Waals surface area contributed by atoms with Gasteiger partial charge in [-0.05, 0) is 61.3 Å². The van der Waals surface area contributed by atoms with Crippen molar-refractivity contribution in [2.24, 2.45) is 5.92 Å². The number of rotatable bonds is 6. The normalized spacial score (nSPS) is 11.7. The summed E-state index contributed by atoms with van der Waals surface area (Å²) in [6.07, 6.45) is 0. The highest BCUT2D eigenvalue weighted by atomic mass is 32.1. The molecule has 2 aromatic rings. The van der Waals surface area contributed by atoms with Gasteiger partial charge in [0, 0.05) is 5.69 Å². The van der Waals surface area contributed by atoms with Gasteiger partial charge in [0.15, 0.2) is 5.11 Å². The third-order valence-corrected chi connectivity index (χ3v) is 4.33. The van der Waals surface area contributed by atoms with Crippen LogP contribution in [0.4, 0.5) is 5.69 Å². The van der Waals surface area contributed by atoms with Gasteiger partial charge in [0.25, 0.3) is 0 Å². The monoisotopic (exact) mass is 370 g/mol. The number of benzene rings is 2. The second-order valence-electron chi connectivity index (χ2n) is 6.48. The van der Waals surface area contributed by atoms with Crippen molar-refractivity contribution in [3.05, 3.63) is 65.2 Å². The Morgan fingerprint density at radius 1 is 1.15 bits per heavy atom. The molecule has 0 unspecified atom stereocenters. The van der Waals surface area contributed by atoms with Crippen LogP contribution < -0.4 is 10.6 Å². The van der Waals surface area contributed by atoms with Crippen molar-refractivity contribution in [2.75, 3.05) is 11.9 Å². The van der Waals surface area contributed by atoms with E-state index in [0.29, 0.717) is 23.2 Å². The summed E-state index contributed by atoms with van der Waals surface area (Å²) in [5, 5.41) is 7.09. The number of hydrogen-bond acceptors (Lipinski definition) is 3. The summed E-state index contributed by atoms with van der Waals surface area (Å²) in [7, 11) is 0. The Labute approximate surface area is 161 Å². The summed E-state index contributed by atoms with van der Waals surface area (Å²) in [5.41, 5.74) is 3.71. The largest absolute Gasteiger partial charge is 0.462 e. The summed E-state index contributed by atoms with van der Waals surface area (Å²) in [6.45, 7) is 8.56. The van der Waals surface area contributed by atoms with Gasteiger partial charge in [-0.1, -0.05) is 44.2 Å². The number of carbonyl (C=O) groups excluding carboxylic acids is 1. The van der Waals surface area contributed by atoms with Crippen LogP contribution in [0.1, 0.15) is 48.3 Å². The second kappa shape index (κ2) is 9.34. The van der Waals surface area contributed by atoms with Gasteiger partial charge in [0.2, 0.25) is 0 Å². The molecule has 2 N–H and O–H groups in total. The van der Waals surface area contributed by atoms with Crippen LogP contribution in [0.25, 0.3) is 0 Å². The lowest BCUT2D eigenvalue weighted by atomic mass is 9.93. The molecule has 5 heteroatoms. The fraction of sp³-hybridized carbons (Fsp3) is 0.333. The summed E-state index contributed by atoms with van der Waals surface area (Å²) in [4.78, 5) is 11.9. The SMILES string of the molecule is CCOC(=O)c1cccc(NC(=S)N[C@H](c2ccccc2C)C(C)C)c1. The summed E-state index contributed by atoms with van der Waals surface area (Å²) in [6, 6.07) is 15.5. The molecule has 0 saturated heterocycles. The third kappa shape index (κ3) is 5.30. The van der Waals surface area contributed by atoms with Crippen LogP contribution in [0, 0.1) is 12.8 Å². The number of aryl methyl sites for hydroxylation is 1. The Hall–Kier alpha value is -2.40. The van der Waals surface area contributed by atoms with E-state index in [4.69, 9.17) is 17.0 Å². The first kappa shape index (κ1) is 19.9. The highest BCUT2D eigenvalue weighted by molar-refractivity contribution is 7.80. The van der Waals surface area contributed by atoms with Crippen molar-refractivity contribution in [1.29, 1.82) is 0 Å². The molecule has 1 atom stereocenters. The van der Waals surface area contributed by atoms with Gasteiger partial charge in [-0.25, -0.2) is 4.79 Å². The lowest BCUT2D eigenvalue weighted by Gasteiger charge is -2.26. The highest BCUT2D eigenvalue weighted by Gasteiger charge is 2.18.